The summed E-state index contributed by atoms with van der Waals surface area (Å²) < 4.78 is 44.7. The predicted octanol–water partition coefficient (Wildman–Crippen LogP) is 4.01. The van der Waals surface area contributed by atoms with Crippen molar-refractivity contribution in [3.8, 4) is 5.75 Å². The second-order valence-electron chi connectivity index (χ2n) is 3.57. The van der Waals surface area contributed by atoms with Gasteiger partial charge in [-0.1, -0.05) is 0 Å². The Morgan fingerprint density at radius 2 is 1.89 bits per heavy atom. The van der Waals surface area contributed by atoms with Gasteiger partial charge in [-0.15, -0.1) is 0 Å². The van der Waals surface area contributed by atoms with Crippen LogP contribution in [0.4, 0.5) is 24.7 Å². The average molecular weight is 333 g/mol. The summed E-state index contributed by atoms with van der Waals surface area (Å²) >= 11 is 3.25. The van der Waals surface area contributed by atoms with E-state index >= 15 is 0 Å². The van der Waals surface area contributed by atoms with E-state index < -0.39 is 23.4 Å². The van der Waals surface area contributed by atoms with Gasteiger partial charge in [0.15, 0.2) is 17.5 Å². The lowest BCUT2D eigenvalue weighted by Gasteiger charge is -2.09. The minimum atomic E-state index is -1.36. The summed E-state index contributed by atoms with van der Waals surface area (Å²) in [6.07, 6.45) is 0. The van der Waals surface area contributed by atoms with Crippen molar-refractivity contribution < 1.29 is 17.9 Å². The average Bonchev–Trinajstić information content (AvgIpc) is 2.36. The molecule has 19 heavy (non-hydrogen) atoms. The van der Waals surface area contributed by atoms with Gasteiger partial charge in [0, 0.05) is 11.8 Å². The highest BCUT2D eigenvalue weighted by atomic mass is 79.9. The molecule has 2 rings (SSSR count). The summed E-state index contributed by atoms with van der Waals surface area (Å²) in [5.41, 5.74) is 0.449. The van der Waals surface area contributed by atoms with Crippen molar-refractivity contribution in [2.45, 2.75) is 0 Å². The Hall–Kier alpha value is -1.76. The van der Waals surface area contributed by atoms with Crippen LogP contribution in [-0.2, 0) is 0 Å². The van der Waals surface area contributed by atoms with Crippen LogP contribution in [0.5, 0.6) is 5.75 Å². The molecule has 1 aromatic heterocycles. The van der Waals surface area contributed by atoms with E-state index in [1.165, 1.54) is 7.11 Å². The third-order valence-electron chi connectivity index (χ3n) is 2.30. The van der Waals surface area contributed by atoms with E-state index in [2.05, 4.69) is 26.2 Å². The number of methoxy groups -OCH3 is 1. The molecule has 0 saturated heterocycles. The molecule has 1 N–H and O–H groups in total. The summed E-state index contributed by atoms with van der Waals surface area (Å²) in [4.78, 5) is 3.17. The fourth-order valence-corrected chi connectivity index (χ4v) is 1.95. The number of nitrogens with zero attached hydrogens (tertiary/aromatic N) is 1. The first-order valence-corrected chi connectivity index (χ1v) is 5.92. The normalized spacial score (nSPS) is 10.4. The summed E-state index contributed by atoms with van der Waals surface area (Å²) in [6, 6.07) is 5.25. The molecule has 0 amide bonds. The van der Waals surface area contributed by atoms with Crippen molar-refractivity contribution in [1.29, 1.82) is 0 Å². The molecule has 0 saturated carbocycles. The number of aromatic nitrogens is 1. The lowest BCUT2D eigenvalue weighted by Crippen LogP contribution is -2.01. The number of benzene rings is 1. The van der Waals surface area contributed by atoms with Crippen molar-refractivity contribution >= 4 is 27.4 Å². The molecular weight excluding hydrogens is 325 g/mol. The van der Waals surface area contributed by atoms with Crippen LogP contribution in [0.15, 0.2) is 28.7 Å². The maximum atomic E-state index is 13.4. The zero-order chi connectivity index (χ0) is 14.0. The predicted molar refractivity (Wildman–Crippen MR) is 68.1 cm³/mol. The van der Waals surface area contributed by atoms with Crippen molar-refractivity contribution in [1.82, 2.24) is 4.98 Å². The molecule has 0 radical (unpaired) electrons. The first kappa shape index (κ1) is 13.7. The molecule has 7 heteroatoms. The topological polar surface area (TPSA) is 34.1 Å². The van der Waals surface area contributed by atoms with Gasteiger partial charge in [0.05, 0.1) is 11.6 Å². The lowest BCUT2D eigenvalue weighted by atomic mass is 10.3. The number of anilines is 2. The largest absolute Gasteiger partial charge is 0.496 e. The number of hydrogen-bond donors (Lipinski definition) is 1. The lowest BCUT2D eigenvalue weighted by molar-refractivity contribution is 0.412. The van der Waals surface area contributed by atoms with Crippen LogP contribution >= 0.6 is 15.9 Å². The molecule has 0 aliphatic rings. The molecule has 0 spiro atoms. The maximum absolute atomic E-state index is 13.4. The molecule has 100 valence electrons. The minimum Gasteiger partial charge on any atom is -0.496 e. The summed E-state index contributed by atoms with van der Waals surface area (Å²) in [5, 5.41) is 2.55. The van der Waals surface area contributed by atoms with E-state index in [9.17, 15) is 13.2 Å². The molecule has 1 aromatic carbocycles. The van der Waals surface area contributed by atoms with Gasteiger partial charge in [0.2, 0.25) is 0 Å². The smallest absolute Gasteiger partial charge is 0.251 e. The minimum absolute atomic E-state index is 0.393. The SMILES string of the molecule is COc1ccc(Nc2nc(F)c(F)cc2F)cc1Br. The van der Waals surface area contributed by atoms with Crippen LogP contribution < -0.4 is 10.1 Å². The zero-order valence-electron chi connectivity index (χ0n) is 9.68. The fourth-order valence-electron chi connectivity index (χ4n) is 1.41. The molecule has 0 aliphatic carbocycles. The van der Waals surface area contributed by atoms with Crippen molar-refractivity contribution in [2.75, 3.05) is 12.4 Å². The van der Waals surface area contributed by atoms with E-state index in [0.717, 1.165) is 0 Å². The van der Waals surface area contributed by atoms with E-state index in [0.29, 0.717) is 22.0 Å². The number of halogens is 4. The molecule has 1 heterocycles. The number of pyridine rings is 1. The van der Waals surface area contributed by atoms with E-state index in [1.54, 1.807) is 18.2 Å². The molecule has 2 aromatic rings. The number of rotatable bonds is 3. The Labute approximate surface area is 115 Å². The highest BCUT2D eigenvalue weighted by Crippen LogP contribution is 2.29. The molecule has 0 aliphatic heterocycles. The number of nitrogens with one attached hydrogen (secondary N) is 1. The van der Waals surface area contributed by atoms with Gasteiger partial charge < -0.3 is 10.1 Å². The van der Waals surface area contributed by atoms with Gasteiger partial charge in [0.25, 0.3) is 5.95 Å². The van der Waals surface area contributed by atoms with Gasteiger partial charge in [-0.05, 0) is 34.1 Å². The molecule has 0 bridgehead atoms. The van der Waals surface area contributed by atoms with Crippen molar-refractivity contribution in [3.05, 3.63) is 46.3 Å². The van der Waals surface area contributed by atoms with Crippen molar-refractivity contribution in [3.63, 3.8) is 0 Å². The fraction of sp³-hybridized carbons (Fsp3) is 0.0833. The van der Waals surface area contributed by atoms with E-state index in [-0.39, 0.29) is 0 Å². The molecule has 3 nitrogen and oxygen atoms in total. The first-order valence-electron chi connectivity index (χ1n) is 5.13. The third kappa shape index (κ3) is 2.98. The Morgan fingerprint density at radius 3 is 2.53 bits per heavy atom. The van der Waals surface area contributed by atoms with Gasteiger partial charge in [-0.2, -0.15) is 9.37 Å². The zero-order valence-corrected chi connectivity index (χ0v) is 11.3. The third-order valence-corrected chi connectivity index (χ3v) is 2.92. The van der Waals surface area contributed by atoms with Crippen LogP contribution in [0.25, 0.3) is 0 Å². The van der Waals surface area contributed by atoms with E-state index in [1.807, 2.05) is 0 Å². The summed E-state index contributed by atoms with van der Waals surface area (Å²) in [6.45, 7) is 0. The van der Waals surface area contributed by atoms with Gasteiger partial charge in [-0.3, -0.25) is 0 Å². The molecule has 0 fully saturated rings. The van der Waals surface area contributed by atoms with E-state index in [4.69, 9.17) is 4.74 Å². The van der Waals surface area contributed by atoms with Crippen LogP contribution in [0, 0.1) is 17.6 Å². The summed E-state index contributed by atoms with van der Waals surface area (Å²) in [7, 11) is 1.50. The van der Waals surface area contributed by atoms with Crippen molar-refractivity contribution in [2.24, 2.45) is 0 Å². The molecular formula is C12H8BrF3N2O. The quantitative estimate of drug-likeness (QED) is 0.862. The maximum Gasteiger partial charge on any atom is 0.251 e. The number of hydrogen-bond acceptors (Lipinski definition) is 3. The van der Waals surface area contributed by atoms with Crippen LogP contribution in [0.3, 0.4) is 0 Å². The monoisotopic (exact) mass is 332 g/mol. The van der Waals surface area contributed by atoms with Crippen LogP contribution in [0.1, 0.15) is 0 Å². The second kappa shape index (κ2) is 5.48. The van der Waals surface area contributed by atoms with Gasteiger partial charge >= 0.3 is 0 Å². The highest BCUT2D eigenvalue weighted by molar-refractivity contribution is 9.10. The van der Waals surface area contributed by atoms with Crippen LogP contribution in [-0.4, -0.2) is 12.1 Å². The molecule has 0 unspecified atom stereocenters. The number of ether oxygens (including phenoxy) is 1. The Balaban J connectivity index is 2.31. The second-order valence-corrected chi connectivity index (χ2v) is 4.42. The van der Waals surface area contributed by atoms with Crippen LogP contribution in [0.2, 0.25) is 0 Å². The highest BCUT2D eigenvalue weighted by Gasteiger charge is 2.12. The Bertz CT molecular complexity index is 622. The van der Waals surface area contributed by atoms with Gasteiger partial charge in [-0.25, -0.2) is 8.78 Å². The standard InChI is InChI=1S/C12H8BrF3N2O/c1-19-10-3-2-6(4-7(10)13)17-12-9(15)5-8(14)11(16)18-12/h2-5H,1H3,(H,17,18). The Kier molecular flexibility index (Phi) is 3.94. The van der Waals surface area contributed by atoms with Gasteiger partial charge in [0.1, 0.15) is 5.75 Å². The first-order chi connectivity index (χ1) is 9.01. The summed E-state index contributed by atoms with van der Waals surface area (Å²) in [5.74, 6) is -3.48. The molecule has 0 atom stereocenters. The Morgan fingerprint density at radius 1 is 1.16 bits per heavy atom.